The molecule has 0 radical (unpaired) electrons. The van der Waals surface area contributed by atoms with Crippen LogP contribution in [0.2, 0.25) is 0 Å². The van der Waals surface area contributed by atoms with Crippen molar-refractivity contribution < 1.29 is 14.2 Å². The maximum Gasteiger partial charge on any atom is 0.175 e. The Balaban J connectivity index is 1.81. The van der Waals surface area contributed by atoms with E-state index in [1.165, 1.54) is 0 Å². The summed E-state index contributed by atoms with van der Waals surface area (Å²) in [6.45, 7) is 6.03. The second-order valence-corrected chi connectivity index (χ2v) is 7.14. The zero-order valence-corrected chi connectivity index (χ0v) is 17.1. The molecule has 0 spiro atoms. The third-order valence-corrected chi connectivity index (χ3v) is 5.16. The Morgan fingerprint density at radius 2 is 1.88 bits per heavy atom. The van der Waals surface area contributed by atoms with Gasteiger partial charge >= 0.3 is 0 Å². The molecule has 0 N–H and O–H groups in total. The highest BCUT2D eigenvalue weighted by atomic mass is 79.9. The van der Waals surface area contributed by atoms with E-state index in [0.29, 0.717) is 37.9 Å². The summed E-state index contributed by atoms with van der Waals surface area (Å²) in [4.78, 5) is 2.98. The second kappa shape index (κ2) is 9.35. The van der Waals surface area contributed by atoms with Crippen molar-refractivity contribution >= 4 is 33.1 Å². The van der Waals surface area contributed by atoms with Gasteiger partial charge in [-0.2, -0.15) is 0 Å². The lowest BCUT2D eigenvalue weighted by molar-refractivity contribution is 0.0693. The number of hydrogen-bond acceptors (Lipinski definition) is 4. The lowest BCUT2D eigenvalue weighted by Gasteiger charge is -2.29. The number of benzene rings is 2. The van der Waals surface area contributed by atoms with E-state index in [-0.39, 0.29) is 0 Å². The average molecular weight is 436 g/mol. The lowest BCUT2D eigenvalue weighted by Crippen LogP contribution is -2.40. The fourth-order valence-electron chi connectivity index (χ4n) is 2.77. The van der Waals surface area contributed by atoms with Crippen molar-refractivity contribution in [1.29, 1.82) is 0 Å². The molecule has 26 heavy (non-hydrogen) atoms. The SMILES string of the molecule is CCOc1cc(C(=S)N2CCOCC2)cc(Br)c1OCc1ccccc1. The molecule has 3 rings (SSSR count). The van der Waals surface area contributed by atoms with E-state index in [0.717, 1.165) is 33.7 Å². The quantitative estimate of drug-likeness (QED) is 0.626. The molecule has 1 fully saturated rings. The Morgan fingerprint density at radius 3 is 2.58 bits per heavy atom. The van der Waals surface area contributed by atoms with Crippen molar-refractivity contribution in [1.82, 2.24) is 4.90 Å². The Bertz CT molecular complexity index is 748. The molecular weight excluding hydrogens is 414 g/mol. The van der Waals surface area contributed by atoms with Crippen LogP contribution in [0.15, 0.2) is 46.9 Å². The predicted octanol–water partition coefficient (Wildman–Crippen LogP) is 4.43. The number of rotatable bonds is 6. The first-order valence-electron chi connectivity index (χ1n) is 8.69. The van der Waals surface area contributed by atoms with Gasteiger partial charge in [0.15, 0.2) is 11.5 Å². The van der Waals surface area contributed by atoms with E-state index in [1.807, 2.05) is 49.4 Å². The fourth-order valence-corrected chi connectivity index (χ4v) is 3.63. The summed E-state index contributed by atoms with van der Waals surface area (Å²) in [6.07, 6.45) is 0. The number of nitrogens with zero attached hydrogens (tertiary/aromatic N) is 1. The zero-order chi connectivity index (χ0) is 18.4. The minimum Gasteiger partial charge on any atom is -0.490 e. The molecule has 4 nitrogen and oxygen atoms in total. The molecule has 1 heterocycles. The molecule has 1 saturated heterocycles. The van der Waals surface area contributed by atoms with Gasteiger partial charge in [-0.1, -0.05) is 42.5 Å². The molecular formula is C20H22BrNO3S. The first kappa shape index (κ1) is 19.1. The highest BCUT2D eigenvalue weighted by Gasteiger charge is 2.19. The summed E-state index contributed by atoms with van der Waals surface area (Å²) in [7, 11) is 0. The van der Waals surface area contributed by atoms with Crippen molar-refractivity contribution in [3.8, 4) is 11.5 Å². The van der Waals surface area contributed by atoms with Crippen molar-refractivity contribution in [3.63, 3.8) is 0 Å². The Labute approximate surface area is 168 Å². The molecule has 2 aromatic carbocycles. The largest absolute Gasteiger partial charge is 0.490 e. The number of halogens is 1. The highest BCUT2D eigenvalue weighted by molar-refractivity contribution is 9.10. The normalized spacial score (nSPS) is 14.2. The van der Waals surface area contributed by atoms with Crippen LogP contribution in [-0.2, 0) is 11.3 Å². The fraction of sp³-hybridized carbons (Fsp3) is 0.350. The highest BCUT2D eigenvalue weighted by Crippen LogP contribution is 2.38. The topological polar surface area (TPSA) is 30.9 Å². The number of ether oxygens (including phenoxy) is 3. The van der Waals surface area contributed by atoms with Crippen LogP contribution in [0.4, 0.5) is 0 Å². The molecule has 0 aliphatic carbocycles. The first-order chi connectivity index (χ1) is 12.7. The summed E-state index contributed by atoms with van der Waals surface area (Å²) in [5, 5.41) is 0. The average Bonchev–Trinajstić information content (AvgIpc) is 2.68. The van der Waals surface area contributed by atoms with Crippen molar-refractivity contribution in [2.45, 2.75) is 13.5 Å². The van der Waals surface area contributed by atoms with Gasteiger partial charge in [0.2, 0.25) is 0 Å². The van der Waals surface area contributed by atoms with Crippen LogP contribution in [0.25, 0.3) is 0 Å². The molecule has 0 aromatic heterocycles. The number of hydrogen-bond donors (Lipinski definition) is 0. The van der Waals surface area contributed by atoms with Gasteiger partial charge in [-0.05, 0) is 40.5 Å². The lowest BCUT2D eigenvalue weighted by atomic mass is 10.1. The molecule has 1 aliphatic heterocycles. The van der Waals surface area contributed by atoms with Crippen LogP contribution in [0.1, 0.15) is 18.1 Å². The third-order valence-electron chi connectivity index (χ3n) is 4.08. The molecule has 0 amide bonds. The van der Waals surface area contributed by atoms with E-state index < -0.39 is 0 Å². The molecule has 138 valence electrons. The van der Waals surface area contributed by atoms with Gasteiger partial charge in [0.25, 0.3) is 0 Å². The Morgan fingerprint density at radius 1 is 1.15 bits per heavy atom. The van der Waals surface area contributed by atoms with Crippen LogP contribution in [0, 0.1) is 0 Å². The van der Waals surface area contributed by atoms with Gasteiger partial charge in [0.05, 0.1) is 24.3 Å². The standard InChI is InChI=1S/C20H22BrNO3S/c1-2-24-18-13-16(20(26)22-8-10-23-11-9-22)12-17(21)19(18)25-14-15-6-4-3-5-7-15/h3-7,12-13H,2,8-11,14H2,1H3. The summed E-state index contributed by atoms with van der Waals surface area (Å²) in [6, 6.07) is 14.0. The third kappa shape index (κ3) is 4.75. The van der Waals surface area contributed by atoms with E-state index in [4.69, 9.17) is 26.4 Å². The second-order valence-electron chi connectivity index (χ2n) is 5.90. The predicted molar refractivity (Wildman–Crippen MR) is 110 cm³/mol. The minimum atomic E-state index is 0.479. The van der Waals surface area contributed by atoms with Crippen molar-refractivity contribution in [2.75, 3.05) is 32.9 Å². The van der Waals surface area contributed by atoms with Crippen LogP contribution in [-0.4, -0.2) is 42.8 Å². The summed E-state index contributed by atoms with van der Waals surface area (Å²) in [5.41, 5.74) is 2.05. The summed E-state index contributed by atoms with van der Waals surface area (Å²) in [5.74, 6) is 1.40. The summed E-state index contributed by atoms with van der Waals surface area (Å²) >= 11 is 9.31. The number of morpholine rings is 1. The maximum atomic E-state index is 6.04. The summed E-state index contributed by atoms with van der Waals surface area (Å²) < 4.78 is 18.1. The van der Waals surface area contributed by atoms with Gasteiger partial charge in [0.1, 0.15) is 11.6 Å². The van der Waals surface area contributed by atoms with Crippen LogP contribution < -0.4 is 9.47 Å². The molecule has 0 atom stereocenters. The zero-order valence-electron chi connectivity index (χ0n) is 14.7. The van der Waals surface area contributed by atoms with Crippen molar-refractivity contribution in [2.24, 2.45) is 0 Å². The van der Waals surface area contributed by atoms with Gasteiger partial charge in [-0.25, -0.2) is 0 Å². The molecule has 2 aromatic rings. The molecule has 0 saturated carbocycles. The molecule has 6 heteroatoms. The molecule has 1 aliphatic rings. The number of thiocarbonyl (C=S) groups is 1. The van der Waals surface area contributed by atoms with Crippen LogP contribution in [0.3, 0.4) is 0 Å². The van der Waals surface area contributed by atoms with Crippen LogP contribution >= 0.6 is 28.1 Å². The van der Waals surface area contributed by atoms with E-state index in [9.17, 15) is 0 Å². The minimum absolute atomic E-state index is 0.479. The Kier molecular flexibility index (Phi) is 6.88. The van der Waals surface area contributed by atoms with Gasteiger partial charge in [0, 0.05) is 18.7 Å². The van der Waals surface area contributed by atoms with Gasteiger partial charge in [-0.3, -0.25) is 0 Å². The van der Waals surface area contributed by atoms with E-state index >= 15 is 0 Å². The van der Waals surface area contributed by atoms with Crippen LogP contribution in [0.5, 0.6) is 11.5 Å². The molecule has 0 unspecified atom stereocenters. The molecule has 0 bridgehead atoms. The van der Waals surface area contributed by atoms with E-state index in [2.05, 4.69) is 20.8 Å². The Hall–Kier alpha value is -1.63. The van der Waals surface area contributed by atoms with E-state index in [1.54, 1.807) is 0 Å². The monoisotopic (exact) mass is 435 g/mol. The maximum absolute atomic E-state index is 6.04. The van der Waals surface area contributed by atoms with Gasteiger partial charge in [-0.15, -0.1) is 0 Å². The van der Waals surface area contributed by atoms with Crippen molar-refractivity contribution in [3.05, 3.63) is 58.1 Å². The first-order valence-corrected chi connectivity index (χ1v) is 9.89. The van der Waals surface area contributed by atoms with Gasteiger partial charge < -0.3 is 19.1 Å². The smallest absolute Gasteiger partial charge is 0.175 e.